The smallest absolute Gasteiger partial charge is 0.225 e. The van der Waals surface area contributed by atoms with Gasteiger partial charge in [-0.3, -0.25) is 4.79 Å². The lowest BCUT2D eigenvalue weighted by Gasteiger charge is -2.04. The average molecular weight is 216 g/mol. The maximum absolute atomic E-state index is 11.3. The van der Waals surface area contributed by atoms with Crippen molar-refractivity contribution in [2.24, 2.45) is 0 Å². The van der Waals surface area contributed by atoms with E-state index in [0.717, 1.165) is 18.5 Å². The molecule has 3 heteroatoms. The lowest BCUT2D eigenvalue weighted by molar-refractivity contribution is -0.116. The Kier molecular flexibility index (Phi) is 5.07. The highest BCUT2D eigenvalue weighted by Gasteiger charge is 2.01. The summed E-state index contributed by atoms with van der Waals surface area (Å²) in [5.41, 5.74) is 2.07. The number of aryl methyl sites for hydroxylation is 1. The summed E-state index contributed by atoms with van der Waals surface area (Å²) in [4.78, 5) is 11.3. The molecule has 0 aromatic heterocycles. The Morgan fingerprint density at radius 1 is 1.38 bits per heavy atom. The van der Waals surface area contributed by atoms with Crippen molar-refractivity contribution in [2.45, 2.75) is 32.6 Å². The zero-order valence-electron chi connectivity index (χ0n) is 9.49. The van der Waals surface area contributed by atoms with Crippen molar-refractivity contribution in [1.29, 1.82) is 5.26 Å². The fourth-order valence-corrected chi connectivity index (χ4v) is 1.44. The van der Waals surface area contributed by atoms with E-state index in [4.69, 9.17) is 5.26 Å². The van der Waals surface area contributed by atoms with Gasteiger partial charge in [-0.2, -0.15) is 5.26 Å². The van der Waals surface area contributed by atoms with Crippen LogP contribution in [-0.2, 0) is 11.2 Å². The van der Waals surface area contributed by atoms with Crippen LogP contribution in [0.5, 0.6) is 0 Å². The zero-order valence-corrected chi connectivity index (χ0v) is 9.49. The first kappa shape index (κ1) is 12.3. The van der Waals surface area contributed by atoms with Crippen LogP contribution in [0.4, 0.5) is 5.69 Å². The molecule has 1 aromatic rings. The highest BCUT2D eigenvalue weighted by molar-refractivity contribution is 5.90. The summed E-state index contributed by atoms with van der Waals surface area (Å²) in [7, 11) is 0. The van der Waals surface area contributed by atoms with Gasteiger partial charge in [-0.05, 0) is 24.1 Å². The van der Waals surface area contributed by atoms with Crippen molar-refractivity contribution in [3.05, 3.63) is 29.8 Å². The predicted octanol–water partition coefficient (Wildman–Crippen LogP) is 2.88. The third kappa shape index (κ3) is 4.14. The van der Waals surface area contributed by atoms with Crippen LogP contribution in [0.2, 0.25) is 0 Å². The van der Waals surface area contributed by atoms with Gasteiger partial charge in [0.05, 0.1) is 6.07 Å². The maximum atomic E-state index is 11.3. The van der Waals surface area contributed by atoms with E-state index in [0.29, 0.717) is 0 Å². The van der Waals surface area contributed by atoms with Crippen LogP contribution in [0.15, 0.2) is 24.3 Å². The van der Waals surface area contributed by atoms with Crippen LogP contribution in [0.1, 0.15) is 31.7 Å². The highest BCUT2D eigenvalue weighted by Crippen LogP contribution is 2.11. The lowest BCUT2D eigenvalue weighted by atomic mass is 10.1. The Balaban J connectivity index is 2.49. The lowest BCUT2D eigenvalue weighted by Crippen LogP contribution is -2.10. The first-order valence-electron chi connectivity index (χ1n) is 5.52. The Bertz CT molecular complexity index is 376. The van der Waals surface area contributed by atoms with Crippen LogP contribution in [0, 0.1) is 11.3 Å². The molecule has 0 bridgehead atoms. The number of carbonyl (C=O) groups excluding carboxylic acids is 1. The molecule has 0 spiro atoms. The van der Waals surface area contributed by atoms with Crippen LogP contribution in [-0.4, -0.2) is 5.91 Å². The van der Waals surface area contributed by atoms with Gasteiger partial charge in [0, 0.05) is 18.5 Å². The average Bonchev–Trinajstić information content (AvgIpc) is 2.29. The first-order chi connectivity index (χ1) is 7.76. The van der Waals surface area contributed by atoms with E-state index < -0.39 is 0 Å². The summed E-state index contributed by atoms with van der Waals surface area (Å²) in [5, 5.41) is 11.1. The molecule has 0 saturated carbocycles. The molecule has 1 amide bonds. The molecule has 0 radical (unpaired) electrons. The standard InChI is InChI=1S/C13H16N2O/c1-2-4-11-6-8-12(9-7-11)15-13(16)5-3-10-14/h6-9H,2-5H2,1H3,(H,15,16). The largest absolute Gasteiger partial charge is 0.326 e. The maximum Gasteiger partial charge on any atom is 0.225 e. The minimum atomic E-state index is -0.107. The number of nitrogens with zero attached hydrogens (tertiary/aromatic N) is 1. The number of benzene rings is 1. The molecule has 84 valence electrons. The van der Waals surface area contributed by atoms with Crippen molar-refractivity contribution in [3.63, 3.8) is 0 Å². The van der Waals surface area contributed by atoms with Crippen molar-refractivity contribution in [3.8, 4) is 6.07 Å². The second-order valence-corrected chi connectivity index (χ2v) is 3.65. The van der Waals surface area contributed by atoms with Gasteiger partial charge in [0.2, 0.25) is 5.91 Å². The number of amides is 1. The Morgan fingerprint density at radius 3 is 2.62 bits per heavy atom. The number of nitrogens with one attached hydrogen (secondary N) is 1. The number of hydrogen-bond acceptors (Lipinski definition) is 2. The van der Waals surface area contributed by atoms with E-state index >= 15 is 0 Å². The van der Waals surface area contributed by atoms with Crippen molar-refractivity contribution < 1.29 is 4.79 Å². The molecule has 0 fully saturated rings. The Morgan fingerprint density at radius 2 is 2.06 bits per heavy atom. The van der Waals surface area contributed by atoms with Gasteiger partial charge in [-0.15, -0.1) is 0 Å². The van der Waals surface area contributed by atoms with Crippen molar-refractivity contribution in [2.75, 3.05) is 5.32 Å². The minimum Gasteiger partial charge on any atom is -0.326 e. The van der Waals surface area contributed by atoms with Crippen LogP contribution < -0.4 is 5.32 Å². The predicted molar refractivity (Wildman–Crippen MR) is 63.9 cm³/mol. The van der Waals surface area contributed by atoms with Gasteiger partial charge in [-0.1, -0.05) is 25.5 Å². The summed E-state index contributed by atoms with van der Waals surface area (Å²) < 4.78 is 0. The normalized spacial score (nSPS) is 9.50. The summed E-state index contributed by atoms with van der Waals surface area (Å²) in [6.45, 7) is 2.14. The number of hydrogen-bond donors (Lipinski definition) is 1. The molecule has 0 heterocycles. The monoisotopic (exact) mass is 216 g/mol. The van der Waals surface area contributed by atoms with Crippen LogP contribution in [0.25, 0.3) is 0 Å². The highest BCUT2D eigenvalue weighted by atomic mass is 16.1. The third-order valence-electron chi connectivity index (χ3n) is 2.24. The zero-order chi connectivity index (χ0) is 11.8. The second kappa shape index (κ2) is 6.62. The summed E-state index contributed by atoms with van der Waals surface area (Å²) in [6.07, 6.45) is 2.70. The topological polar surface area (TPSA) is 52.9 Å². The molecule has 0 saturated heterocycles. The van der Waals surface area contributed by atoms with Gasteiger partial charge in [0.25, 0.3) is 0 Å². The van der Waals surface area contributed by atoms with E-state index in [2.05, 4.69) is 12.2 Å². The van der Waals surface area contributed by atoms with Crippen molar-refractivity contribution >= 4 is 11.6 Å². The van der Waals surface area contributed by atoms with Gasteiger partial charge < -0.3 is 5.32 Å². The molecule has 0 atom stereocenters. The Labute approximate surface area is 96.1 Å². The van der Waals surface area contributed by atoms with Crippen LogP contribution in [0.3, 0.4) is 0 Å². The minimum absolute atomic E-state index is 0.107. The molecule has 16 heavy (non-hydrogen) atoms. The van der Waals surface area contributed by atoms with Crippen LogP contribution >= 0.6 is 0 Å². The van der Waals surface area contributed by atoms with E-state index in [1.807, 2.05) is 30.3 Å². The molecule has 0 aliphatic heterocycles. The number of nitriles is 1. The van der Waals surface area contributed by atoms with Gasteiger partial charge in [-0.25, -0.2) is 0 Å². The van der Waals surface area contributed by atoms with Crippen molar-refractivity contribution in [1.82, 2.24) is 0 Å². The molecule has 1 rings (SSSR count). The SMILES string of the molecule is CCCc1ccc(NC(=O)CCC#N)cc1. The van der Waals surface area contributed by atoms with E-state index in [1.54, 1.807) is 0 Å². The number of rotatable bonds is 5. The summed E-state index contributed by atoms with van der Waals surface area (Å²) >= 11 is 0. The second-order valence-electron chi connectivity index (χ2n) is 3.65. The van der Waals surface area contributed by atoms with Gasteiger partial charge in [0.1, 0.15) is 0 Å². The summed E-state index contributed by atoms with van der Waals surface area (Å²) in [5.74, 6) is -0.107. The molecular formula is C13H16N2O. The first-order valence-corrected chi connectivity index (χ1v) is 5.52. The van der Waals surface area contributed by atoms with E-state index in [9.17, 15) is 4.79 Å². The fourth-order valence-electron chi connectivity index (χ4n) is 1.44. The van der Waals surface area contributed by atoms with E-state index in [-0.39, 0.29) is 18.7 Å². The summed E-state index contributed by atoms with van der Waals surface area (Å²) in [6, 6.07) is 9.78. The molecule has 3 nitrogen and oxygen atoms in total. The molecular weight excluding hydrogens is 200 g/mol. The number of carbonyl (C=O) groups is 1. The third-order valence-corrected chi connectivity index (χ3v) is 2.24. The fraction of sp³-hybridized carbons (Fsp3) is 0.385. The quantitative estimate of drug-likeness (QED) is 0.822. The van der Waals surface area contributed by atoms with Gasteiger partial charge in [0.15, 0.2) is 0 Å². The molecule has 1 N–H and O–H groups in total. The molecule has 0 aliphatic carbocycles. The van der Waals surface area contributed by atoms with Gasteiger partial charge >= 0.3 is 0 Å². The molecule has 1 aromatic carbocycles. The molecule has 0 unspecified atom stereocenters. The number of anilines is 1. The van der Waals surface area contributed by atoms with E-state index in [1.165, 1.54) is 5.56 Å². The Hall–Kier alpha value is -1.82. The molecule has 0 aliphatic rings.